The maximum absolute atomic E-state index is 11.6. The molecule has 4 aliphatic rings. The van der Waals surface area contributed by atoms with Crippen molar-refractivity contribution in [3.8, 4) is 0 Å². The van der Waals surface area contributed by atoms with Crippen molar-refractivity contribution in [1.29, 1.82) is 0 Å². The molecule has 0 heterocycles. The van der Waals surface area contributed by atoms with E-state index in [4.69, 9.17) is 5.11 Å². The average Bonchev–Trinajstić information content (AvgIpc) is 3.35. The first-order valence-electron chi connectivity index (χ1n) is 13.6. The van der Waals surface area contributed by atoms with Gasteiger partial charge < -0.3 is 10.2 Å². The number of carbonyl (C=O) groups is 2. The van der Waals surface area contributed by atoms with Gasteiger partial charge in [-0.2, -0.15) is 0 Å². The van der Waals surface area contributed by atoms with Crippen molar-refractivity contribution < 1.29 is 19.8 Å². The van der Waals surface area contributed by atoms with E-state index in [0.717, 1.165) is 19.3 Å². The molecule has 0 saturated heterocycles. The van der Waals surface area contributed by atoms with E-state index in [2.05, 4.69) is 34.3 Å². The molecule has 2 unspecified atom stereocenters. The van der Waals surface area contributed by atoms with Gasteiger partial charge in [-0.25, -0.2) is 4.79 Å². The lowest BCUT2D eigenvalue weighted by atomic mass is 9.43. The van der Waals surface area contributed by atoms with Crippen LogP contribution in [-0.2, 0) is 9.59 Å². The Kier molecular flexibility index (Phi) is 6.39. The second-order valence-corrected chi connectivity index (χ2v) is 13.1. The molecule has 1 spiro atoms. The summed E-state index contributed by atoms with van der Waals surface area (Å²) in [5.41, 5.74) is 2.81. The molecule has 0 aromatic carbocycles. The topological polar surface area (TPSA) is 74.6 Å². The van der Waals surface area contributed by atoms with Crippen molar-refractivity contribution in [2.75, 3.05) is 0 Å². The SMILES string of the molecule is C=C(C)[C@H]1CCC2C3(CC[C@]4(C)[C@@H]([C@H](C)CCC=C(C)C(=O)O)CC[C@]24C)C[C@@]13CCC(=O)O. The van der Waals surface area contributed by atoms with E-state index < -0.39 is 11.9 Å². The number of allylic oxidation sites excluding steroid dienone is 2. The van der Waals surface area contributed by atoms with Gasteiger partial charge >= 0.3 is 11.9 Å². The highest BCUT2D eigenvalue weighted by Gasteiger charge is 2.80. The van der Waals surface area contributed by atoms with Gasteiger partial charge in [0.15, 0.2) is 0 Å². The molecule has 190 valence electrons. The quantitative estimate of drug-likeness (QED) is 0.270. The Morgan fingerprint density at radius 2 is 1.76 bits per heavy atom. The third-order valence-corrected chi connectivity index (χ3v) is 12.0. The zero-order valence-corrected chi connectivity index (χ0v) is 22.1. The average molecular weight is 471 g/mol. The highest BCUT2D eigenvalue weighted by atomic mass is 16.4. The van der Waals surface area contributed by atoms with E-state index in [1.807, 2.05) is 6.08 Å². The molecule has 0 aliphatic heterocycles. The fourth-order valence-corrected chi connectivity index (χ4v) is 10.1. The van der Waals surface area contributed by atoms with Crippen LogP contribution in [0.2, 0.25) is 0 Å². The van der Waals surface area contributed by atoms with Gasteiger partial charge in [-0.15, -0.1) is 0 Å². The summed E-state index contributed by atoms with van der Waals surface area (Å²) in [5, 5.41) is 18.7. The minimum Gasteiger partial charge on any atom is -0.481 e. The Bertz CT molecular complexity index is 903. The van der Waals surface area contributed by atoms with Crippen LogP contribution in [0.5, 0.6) is 0 Å². The minimum absolute atomic E-state index is 0.160. The molecular weight excluding hydrogens is 424 g/mol. The van der Waals surface area contributed by atoms with Gasteiger partial charge in [0.25, 0.3) is 0 Å². The van der Waals surface area contributed by atoms with Crippen LogP contribution in [0.3, 0.4) is 0 Å². The van der Waals surface area contributed by atoms with E-state index in [-0.39, 0.29) is 11.8 Å². The third kappa shape index (κ3) is 3.53. The number of rotatable bonds is 9. The second kappa shape index (κ2) is 8.52. The maximum atomic E-state index is 11.6. The zero-order valence-electron chi connectivity index (χ0n) is 22.1. The lowest BCUT2D eigenvalue weighted by Crippen LogP contribution is -2.54. The predicted octanol–water partition coefficient (Wildman–Crippen LogP) is 7.49. The Balaban J connectivity index is 1.56. The smallest absolute Gasteiger partial charge is 0.330 e. The summed E-state index contributed by atoms with van der Waals surface area (Å²) < 4.78 is 0. The van der Waals surface area contributed by atoms with Crippen LogP contribution in [0.1, 0.15) is 105 Å². The number of aliphatic carboxylic acids is 2. The first-order chi connectivity index (χ1) is 15.8. The first kappa shape index (κ1) is 25.5. The van der Waals surface area contributed by atoms with E-state index in [9.17, 15) is 14.7 Å². The molecule has 8 atom stereocenters. The number of hydrogen-bond acceptors (Lipinski definition) is 2. The Labute approximate surface area is 206 Å². The van der Waals surface area contributed by atoms with Gasteiger partial charge in [0.1, 0.15) is 0 Å². The van der Waals surface area contributed by atoms with Gasteiger partial charge in [-0.05, 0) is 123 Å². The zero-order chi connectivity index (χ0) is 25.1. The van der Waals surface area contributed by atoms with Crippen molar-refractivity contribution in [1.82, 2.24) is 0 Å². The van der Waals surface area contributed by atoms with Gasteiger partial charge in [-0.1, -0.05) is 39.0 Å². The van der Waals surface area contributed by atoms with Crippen LogP contribution in [-0.4, -0.2) is 22.2 Å². The molecule has 4 rings (SSSR count). The summed E-state index contributed by atoms with van der Waals surface area (Å²) in [4.78, 5) is 22.7. The van der Waals surface area contributed by atoms with Crippen molar-refractivity contribution in [3.05, 3.63) is 23.8 Å². The van der Waals surface area contributed by atoms with Crippen LogP contribution in [0.4, 0.5) is 0 Å². The lowest BCUT2D eigenvalue weighted by Gasteiger charge is -2.61. The Hall–Kier alpha value is -1.58. The summed E-state index contributed by atoms with van der Waals surface area (Å²) in [6.07, 6.45) is 13.6. The van der Waals surface area contributed by atoms with Crippen LogP contribution >= 0.6 is 0 Å². The fourth-order valence-electron chi connectivity index (χ4n) is 10.1. The molecular formula is C30H46O4. The number of hydrogen-bond donors (Lipinski definition) is 2. The molecule has 4 nitrogen and oxygen atoms in total. The molecule has 0 bridgehead atoms. The molecule has 4 fully saturated rings. The summed E-state index contributed by atoms with van der Waals surface area (Å²) in [6.45, 7) is 15.8. The largest absolute Gasteiger partial charge is 0.481 e. The first-order valence-corrected chi connectivity index (χ1v) is 13.6. The van der Waals surface area contributed by atoms with Crippen LogP contribution in [0, 0.1) is 45.3 Å². The molecule has 0 amide bonds. The molecule has 0 aromatic rings. The lowest BCUT2D eigenvalue weighted by molar-refractivity contribution is -0.139. The predicted molar refractivity (Wildman–Crippen MR) is 135 cm³/mol. The second-order valence-electron chi connectivity index (χ2n) is 13.1. The molecule has 4 heteroatoms. The monoisotopic (exact) mass is 470 g/mol. The van der Waals surface area contributed by atoms with E-state index in [1.54, 1.807) is 6.92 Å². The van der Waals surface area contributed by atoms with Crippen LogP contribution in [0.25, 0.3) is 0 Å². The highest BCUT2D eigenvalue weighted by molar-refractivity contribution is 5.85. The standard InChI is InChI=1S/C30H46O4/c1-19(2)22-10-11-24-28(6)14-12-23(20(3)8-7-9-21(4)26(33)34)27(28,5)16-17-30(24)18-29(22,30)15-13-25(31)32/h9,20,22-24H,1,7-8,10-18H2,2-6H3,(H,31,32)(H,33,34)/t20-,22-,23-,24?,27-,28-,29+,30?/m1/s1. The molecule has 34 heavy (non-hydrogen) atoms. The minimum atomic E-state index is -0.813. The fraction of sp³-hybridized carbons (Fsp3) is 0.800. The molecule has 4 aliphatic carbocycles. The maximum Gasteiger partial charge on any atom is 0.330 e. The summed E-state index contributed by atoms with van der Waals surface area (Å²) in [5.74, 6) is 0.964. The van der Waals surface area contributed by atoms with Gasteiger partial charge in [0.05, 0.1) is 0 Å². The number of carboxylic acids is 2. The number of fused-ring (bicyclic) bond motifs is 2. The molecule has 4 saturated carbocycles. The van der Waals surface area contributed by atoms with Gasteiger partial charge in [-0.3, -0.25) is 4.79 Å². The summed E-state index contributed by atoms with van der Waals surface area (Å²) in [6, 6.07) is 0. The molecule has 0 radical (unpaired) electrons. The van der Waals surface area contributed by atoms with Crippen molar-refractivity contribution in [3.63, 3.8) is 0 Å². The van der Waals surface area contributed by atoms with E-state index >= 15 is 0 Å². The van der Waals surface area contributed by atoms with Crippen LogP contribution < -0.4 is 0 Å². The Morgan fingerprint density at radius 1 is 1.06 bits per heavy atom. The third-order valence-electron chi connectivity index (χ3n) is 12.0. The van der Waals surface area contributed by atoms with Crippen molar-refractivity contribution >= 4 is 11.9 Å². The van der Waals surface area contributed by atoms with Gasteiger partial charge in [0, 0.05) is 12.0 Å². The van der Waals surface area contributed by atoms with Crippen molar-refractivity contribution in [2.24, 2.45) is 45.3 Å². The van der Waals surface area contributed by atoms with E-state index in [1.165, 1.54) is 50.5 Å². The normalized spacial score (nSPS) is 43.9. The number of carboxylic acid groups (broad SMARTS) is 2. The molecule has 0 aromatic heterocycles. The van der Waals surface area contributed by atoms with E-state index in [0.29, 0.717) is 45.5 Å². The molecule has 2 N–H and O–H groups in total. The highest BCUT2D eigenvalue weighted by Crippen LogP contribution is 2.87. The van der Waals surface area contributed by atoms with Crippen LogP contribution in [0.15, 0.2) is 23.8 Å². The summed E-state index contributed by atoms with van der Waals surface area (Å²) >= 11 is 0. The summed E-state index contributed by atoms with van der Waals surface area (Å²) in [7, 11) is 0. The van der Waals surface area contributed by atoms with Crippen molar-refractivity contribution in [2.45, 2.75) is 105 Å². The van der Waals surface area contributed by atoms with Gasteiger partial charge in [0.2, 0.25) is 0 Å². The Morgan fingerprint density at radius 3 is 2.38 bits per heavy atom.